The number of thiophene rings is 1. The summed E-state index contributed by atoms with van der Waals surface area (Å²) in [4.78, 5) is 31.6. The highest BCUT2D eigenvalue weighted by Gasteiger charge is 2.13. The fourth-order valence-corrected chi connectivity index (χ4v) is 2.75. The van der Waals surface area contributed by atoms with Gasteiger partial charge in [-0.05, 0) is 28.5 Å². The highest BCUT2D eigenvalue weighted by Crippen LogP contribution is 2.11. The third-order valence-electron chi connectivity index (χ3n) is 3.22. The second kappa shape index (κ2) is 5.50. The SMILES string of the molecule is C#CCn1c(=O)c2[nH]c(/C=C/c3ccsc3)nc2n(C)c1=O. The summed E-state index contributed by atoms with van der Waals surface area (Å²) in [5.74, 6) is 2.82. The molecule has 0 aliphatic rings. The molecule has 0 aliphatic carbocycles. The summed E-state index contributed by atoms with van der Waals surface area (Å²) >= 11 is 1.59. The number of aryl methyl sites for hydroxylation is 1. The Balaban J connectivity index is 2.16. The fourth-order valence-electron chi connectivity index (χ4n) is 2.12. The molecular formula is C15H12N4O2S. The molecule has 0 amide bonds. The first kappa shape index (κ1) is 14.1. The van der Waals surface area contributed by atoms with E-state index in [-0.39, 0.29) is 12.1 Å². The van der Waals surface area contributed by atoms with Crippen LogP contribution in [0.2, 0.25) is 0 Å². The van der Waals surface area contributed by atoms with Crippen molar-refractivity contribution in [2.24, 2.45) is 7.05 Å². The molecule has 0 saturated carbocycles. The van der Waals surface area contributed by atoms with Gasteiger partial charge in [0.1, 0.15) is 11.3 Å². The van der Waals surface area contributed by atoms with Crippen LogP contribution in [0, 0.1) is 12.3 Å². The molecule has 0 spiro atoms. The molecule has 7 heteroatoms. The lowest BCUT2D eigenvalue weighted by Gasteiger charge is -2.03. The van der Waals surface area contributed by atoms with Crippen LogP contribution in [0.4, 0.5) is 0 Å². The first-order valence-electron chi connectivity index (χ1n) is 6.45. The monoisotopic (exact) mass is 312 g/mol. The largest absolute Gasteiger partial charge is 0.333 e. The maximum absolute atomic E-state index is 12.3. The number of fused-ring (bicyclic) bond motifs is 1. The summed E-state index contributed by atoms with van der Waals surface area (Å²) in [5, 5.41) is 3.97. The molecule has 3 rings (SSSR count). The van der Waals surface area contributed by atoms with Gasteiger partial charge in [0.2, 0.25) is 0 Å². The smallest absolute Gasteiger partial charge is 0.333 e. The van der Waals surface area contributed by atoms with Gasteiger partial charge < -0.3 is 4.98 Å². The number of hydrogen-bond acceptors (Lipinski definition) is 4. The predicted molar refractivity (Wildman–Crippen MR) is 87.7 cm³/mol. The van der Waals surface area contributed by atoms with Crippen LogP contribution in [0.15, 0.2) is 26.4 Å². The Labute approximate surface area is 129 Å². The van der Waals surface area contributed by atoms with Gasteiger partial charge in [-0.1, -0.05) is 12.0 Å². The lowest BCUT2D eigenvalue weighted by atomic mass is 10.3. The Morgan fingerprint density at radius 2 is 2.27 bits per heavy atom. The number of aromatic amines is 1. The summed E-state index contributed by atoms with van der Waals surface area (Å²) in [6.07, 6.45) is 8.85. The lowest BCUT2D eigenvalue weighted by molar-refractivity contribution is 0.676. The van der Waals surface area contributed by atoms with Crippen molar-refractivity contribution in [1.29, 1.82) is 0 Å². The van der Waals surface area contributed by atoms with E-state index in [2.05, 4.69) is 15.9 Å². The Morgan fingerprint density at radius 3 is 2.95 bits per heavy atom. The topological polar surface area (TPSA) is 72.7 Å². The molecule has 0 unspecified atom stereocenters. The van der Waals surface area contributed by atoms with Crippen LogP contribution in [-0.2, 0) is 13.6 Å². The minimum atomic E-state index is -0.477. The van der Waals surface area contributed by atoms with E-state index in [1.165, 1.54) is 4.57 Å². The van der Waals surface area contributed by atoms with Crippen LogP contribution in [0.1, 0.15) is 11.4 Å². The van der Waals surface area contributed by atoms with E-state index in [9.17, 15) is 9.59 Å². The number of nitrogens with one attached hydrogen (secondary N) is 1. The van der Waals surface area contributed by atoms with E-state index in [0.29, 0.717) is 11.5 Å². The Kier molecular flexibility index (Phi) is 3.53. The van der Waals surface area contributed by atoms with Gasteiger partial charge in [-0.3, -0.25) is 9.36 Å². The van der Waals surface area contributed by atoms with Crippen molar-refractivity contribution in [2.75, 3.05) is 0 Å². The van der Waals surface area contributed by atoms with Crippen LogP contribution >= 0.6 is 11.3 Å². The van der Waals surface area contributed by atoms with Crippen molar-refractivity contribution in [3.8, 4) is 12.3 Å². The average molecular weight is 312 g/mol. The Bertz CT molecular complexity index is 1010. The van der Waals surface area contributed by atoms with Gasteiger partial charge in [0, 0.05) is 7.05 Å². The quantitative estimate of drug-likeness (QED) is 0.741. The lowest BCUT2D eigenvalue weighted by Crippen LogP contribution is -2.38. The first-order valence-corrected chi connectivity index (χ1v) is 7.39. The van der Waals surface area contributed by atoms with Gasteiger partial charge in [-0.25, -0.2) is 14.3 Å². The highest BCUT2D eigenvalue weighted by atomic mass is 32.1. The van der Waals surface area contributed by atoms with Crippen LogP contribution in [0.3, 0.4) is 0 Å². The van der Waals surface area contributed by atoms with E-state index in [4.69, 9.17) is 6.42 Å². The van der Waals surface area contributed by atoms with Crippen LogP contribution in [0.5, 0.6) is 0 Å². The Hall–Kier alpha value is -2.85. The van der Waals surface area contributed by atoms with Gasteiger partial charge in [0.15, 0.2) is 5.65 Å². The number of aromatic nitrogens is 4. The summed E-state index contributed by atoms with van der Waals surface area (Å²) in [6, 6.07) is 1.97. The predicted octanol–water partition coefficient (Wildman–Crippen LogP) is 1.29. The molecule has 110 valence electrons. The highest BCUT2D eigenvalue weighted by molar-refractivity contribution is 7.08. The number of H-pyrrole nitrogens is 1. The van der Waals surface area contributed by atoms with Crippen molar-refractivity contribution in [1.82, 2.24) is 19.1 Å². The second-order valence-corrected chi connectivity index (χ2v) is 5.43. The van der Waals surface area contributed by atoms with Gasteiger partial charge in [0.25, 0.3) is 5.56 Å². The summed E-state index contributed by atoms with van der Waals surface area (Å²) in [5.41, 5.74) is 0.689. The van der Waals surface area contributed by atoms with Crippen molar-refractivity contribution < 1.29 is 0 Å². The minimum Gasteiger partial charge on any atom is -0.333 e. The summed E-state index contributed by atoms with van der Waals surface area (Å²) < 4.78 is 2.32. The van der Waals surface area contributed by atoms with Crippen LogP contribution in [-0.4, -0.2) is 19.1 Å². The van der Waals surface area contributed by atoms with Crippen molar-refractivity contribution in [3.63, 3.8) is 0 Å². The molecule has 0 radical (unpaired) electrons. The molecule has 3 aromatic heterocycles. The third-order valence-corrected chi connectivity index (χ3v) is 3.93. The van der Waals surface area contributed by atoms with Gasteiger partial charge in [-0.15, -0.1) is 6.42 Å². The van der Waals surface area contributed by atoms with Crippen molar-refractivity contribution in [3.05, 3.63) is 49.1 Å². The van der Waals surface area contributed by atoms with E-state index < -0.39 is 11.2 Å². The fraction of sp³-hybridized carbons (Fsp3) is 0.133. The number of hydrogen-bond donors (Lipinski definition) is 1. The first-order chi connectivity index (χ1) is 10.6. The molecule has 0 aromatic carbocycles. The zero-order valence-electron chi connectivity index (χ0n) is 11.7. The molecule has 1 N–H and O–H groups in total. The maximum Gasteiger partial charge on any atom is 0.333 e. The number of terminal acetylenes is 1. The van der Waals surface area contributed by atoms with Gasteiger partial charge in [0.05, 0.1) is 6.54 Å². The van der Waals surface area contributed by atoms with E-state index in [1.807, 2.05) is 22.9 Å². The molecule has 0 aliphatic heterocycles. The molecule has 22 heavy (non-hydrogen) atoms. The normalized spacial score (nSPS) is 11.3. The molecule has 3 aromatic rings. The molecule has 0 bridgehead atoms. The van der Waals surface area contributed by atoms with E-state index >= 15 is 0 Å². The van der Waals surface area contributed by atoms with Crippen molar-refractivity contribution >= 4 is 34.7 Å². The molecule has 0 atom stereocenters. The third kappa shape index (κ3) is 2.29. The summed E-state index contributed by atoms with van der Waals surface area (Å²) in [7, 11) is 1.56. The van der Waals surface area contributed by atoms with Crippen molar-refractivity contribution in [2.45, 2.75) is 6.54 Å². The molecule has 3 heterocycles. The van der Waals surface area contributed by atoms with E-state index in [0.717, 1.165) is 10.1 Å². The van der Waals surface area contributed by atoms with Gasteiger partial charge >= 0.3 is 5.69 Å². The molecule has 0 saturated heterocycles. The maximum atomic E-state index is 12.3. The minimum absolute atomic E-state index is 0.0689. The number of rotatable bonds is 3. The molecule has 6 nitrogen and oxygen atoms in total. The summed E-state index contributed by atoms with van der Waals surface area (Å²) in [6.45, 7) is -0.0689. The number of nitrogens with zero attached hydrogens (tertiary/aromatic N) is 3. The zero-order chi connectivity index (χ0) is 15.7. The average Bonchev–Trinajstić information content (AvgIpc) is 3.16. The molecule has 0 fully saturated rings. The molecular weight excluding hydrogens is 300 g/mol. The number of imidazole rings is 1. The Morgan fingerprint density at radius 1 is 1.45 bits per heavy atom. The van der Waals surface area contributed by atoms with E-state index in [1.54, 1.807) is 24.5 Å². The standard InChI is InChI=1S/C15H12N4O2S/c1-3-7-19-14(20)12-13(18(2)15(19)21)17-11(16-12)5-4-10-6-8-22-9-10/h1,4-6,8-9H,7H2,2H3,(H,16,17)/b5-4+. The van der Waals surface area contributed by atoms with Crippen LogP contribution in [0.25, 0.3) is 23.3 Å². The van der Waals surface area contributed by atoms with Crippen LogP contribution < -0.4 is 11.2 Å². The van der Waals surface area contributed by atoms with Gasteiger partial charge in [-0.2, -0.15) is 11.3 Å². The zero-order valence-corrected chi connectivity index (χ0v) is 12.6. The second-order valence-electron chi connectivity index (χ2n) is 4.65.